The van der Waals surface area contributed by atoms with Crippen LogP contribution in [0.1, 0.15) is 41.4 Å². The highest BCUT2D eigenvalue weighted by Gasteiger charge is 2.20. The summed E-state index contributed by atoms with van der Waals surface area (Å²) in [4.78, 5) is 27.2. The van der Waals surface area contributed by atoms with Crippen molar-refractivity contribution in [2.24, 2.45) is 0 Å². The van der Waals surface area contributed by atoms with E-state index in [0.717, 1.165) is 12.0 Å². The molecule has 3 aromatic rings. The Morgan fingerprint density at radius 2 is 2.00 bits per heavy atom. The van der Waals surface area contributed by atoms with Crippen LogP contribution in [0, 0.1) is 10.1 Å². The van der Waals surface area contributed by atoms with Gasteiger partial charge in [0, 0.05) is 11.6 Å². The first-order valence-corrected chi connectivity index (χ1v) is 8.52. The molecule has 3 rings (SSSR count). The lowest BCUT2D eigenvalue weighted by molar-refractivity contribution is -0.384. The zero-order valence-corrected chi connectivity index (χ0v) is 15.0. The fourth-order valence-electron chi connectivity index (χ4n) is 2.74. The number of nitrogens with one attached hydrogen (secondary N) is 1. The van der Waals surface area contributed by atoms with E-state index in [1.807, 2.05) is 31.2 Å². The summed E-state index contributed by atoms with van der Waals surface area (Å²) >= 11 is 0. The summed E-state index contributed by atoms with van der Waals surface area (Å²) in [6.07, 6.45) is 3.60. The van der Waals surface area contributed by atoms with E-state index in [9.17, 15) is 14.9 Å². The van der Waals surface area contributed by atoms with Crippen LogP contribution in [-0.4, -0.2) is 25.6 Å². The Labute approximate surface area is 156 Å². The molecule has 1 atom stereocenters. The van der Waals surface area contributed by atoms with E-state index in [2.05, 4.69) is 22.3 Å². The van der Waals surface area contributed by atoms with Gasteiger partial charge in [0.25, 0.3) is 11.6 Å². The van der Waals surface area contributed by atoms with Gasteiger partial charge in [0.2, 0.25) is 0 Å². The van der Waals surface area contributed by atoms with Gasteiger partial charge in [-0.15, -0.1) is 0 Å². The maximum atomic E-state index is 12.6. The standard InChI is InChI=1S/C19H19N5O3/c1-3-14-4-6-15(7-5-14)13(2)22-19(25)16-8-9-17(18(10-16)24(26)27)23-12-20-11-21-23/h4-13H,3H2,1-2H3,(H,22,25). The maximum absolute atomic E-state index is 12.6. The molecule has 1 aromatic heterocycles. The highest BCUT2D eigenvalue weighted by Crippen LogP contribution is 2.24. The molecule has 0 spiro atoms. The van der Waals surface area contributed by atoms with Gasteiger partial charge in [0.1, 0.15) is 18.3 Å². The van der Waals surface area contributed by atoms with Crippen LogP contribution in [0.25, 0.3) is 5.69 Å². The van der Waals surface area contributed by atoms with Crippen molar-refractivity contribution >= 4 is 11.6 Å². The van der Waals surface area contributed by atoms with Crippen LogP contribution in [0.15, 0.2) is 55.1 Å². The monoisotopic (exact) mass is 365 g/mol. The lowest BCUT2D eigenvalue weighted by Crippen LogP contribution is -2.26. The van der Waals surface area contributed by atoms with Crippen molar-refractivity contribution in [3.05, 3.63) is 81.9 Å². The van der Waals surface area contributed by atoms with Crippen molar-refractivity contribution in [3.63, 3.8) is 0 Å². The summed E-state index contributed by atoms with van der Waals surface area (Å²) in [5, 5.41) is 18.2. The van der Waals surface area contributed by atoms with Crippen molar-refractivity contribution in [3.8, 4) is 5.69 Å². The topological polar surface area (TPSA) is 103 Å². The van der Waals surface area contributed by atoms with Crippen LogP contribution >= 0.6 is 0 Å². The fourth-order valence-corrected chi connectivity index (χ4v) is 2.74. The number of nitrogens with zero attached hydrogens (tertiary/aromatic N) is 4. The van der Waals surface area contributed by atoms with Crippen molar-refractivity contribution in [2.45, 2.75) is 26.3 Å². The summed E-state index contributed by atoms with van der Waals surface area (Å²) in [5.74, 6) is -0.379. The molecule has 138 valence electrons. The molecular formula is C19H19N5O3. The first-order chi connectivity index (χ1) is 13.0. The van der Waals surface area contributed by atoms with E-state index in [0.29, 0.717) is 0 Å². The van der Waals surface area contributed by atoms with Gasteiger partial charge < -0.3 is 5.32 Å². The molecule has 0 saturated carbocycles. The average Bonchev–Trinajstić information content (AvgIpc) is 3.22. The molecule has 1 amide bonds. The number of carbonyl (C=O) groups excluding carboxylic acids is 1. The number of nitro benzene ring substituents is 1. The Bertz CT molecular complexity index is 952. The van der Waals surface area contributed by atoms with Crippen LogP contribution in [-0.2, 0) is 6.42 Å². The maximum Gasteiger partial charge on any atom is 0.295 e. The number of aromatic nitrogens is 3. The lowest BCUT2D eigenvalue weighted by Gasteiger charge is -2.15. The zero-order valence-electron chi connectivity index (χ0n) is 15.0. The van der Waals surface area contributed by atoms with Gasteiger partial charge in [-0.3, -0.25) is 14.9 Å². The third kappa shape index (κ3) is 4.00. The van der Waals surface area contributed by atoms with Crippen LogP contribution in [0.3, 0.4) is 0 Å². The van der Waals surface area contributed by atoms with E-state index in [4.69, 9.17) is 0 Å². The van der Waals surface area contributed by atoms with E-state index < -0.39 is 4.92 Å². The Kier molecular flexibility index (Phi) is 5.25. The first kappa shape index (κ1) is 18.2. The molecule has 0 bridgehead atoms. The Balaban J connectivity index is 1.81. The summed E-state index contributed by atoms with van der Waals surface area (Å²) in [7, 11) is 0. The molecule has 27 heavy (non-hydrogen) atoms. The van der Waals surface area contributed by atoms with Gasteiger partial charge in [0.05, 0.1) is 11.0 Å². The summed E-state index contributed by atoms with van der Waals surface area (Å²) < 4.78 is 1.29. The van der Waals surface area contributed by atoms with Gasteiger partial charge in [-0.25, -0.2) is 9.67 Å². The second kappa shape index (κ2) is 7.77. The smallest absolute Gasteiger partial charge is 0.295 e. The fraction of sp³-hybridized carbons (Fsp3) is 0.211. The quantitative estimate of drug-likeness (QED) is 0.533. The second-order valence-corrected chi connectivity index (χ2v) is 6.09. The minimum atomic E-state index is -0.541. The molecule has 0 aliphatic carbocycles. The number of carbonyl (C=O) groups is 1. The van der Waals surface area contributed by atoms with Gasteiger partial charge in [-0.05, 0) is 36.6 Å². The molecule has 0 aliphatic heterocycles. The van der Waals surface area contributed by atoms with Crippen molar-refractivity contribution in [2.75, 3.05) is 0 Å². The highest BCUT2D eigenvalue weighted by molar-refractivity contribution is 5.95. The van der Waals surface area contributed by atoms with E-state index in [1.54, 1.807) is 0 Å². The number of aryl methyl sites for hydroxylation is 1. The van der Waals surface area contributed by atoms with E-state index in [-0.39, 0.29) is 28.9 Å². The van der Waals surface area contributed by atoms with Gasteiger partial charge >= 0.3 is 0 Å². The number of hydrogen-bond acceptors (Lipinski definition) is 5. The number of rotatable bonds is 6. The Hall–Kier alpha value is -3.55. The first-order valence-electron chi connectivity index (χ1n) is 8.52. The van der Waals surface area contributed by atoms with Gasteiger partial charge in [0.15, 0.2) is 0 Å². The molecule has 1 unspecified atom stereocenters. The molecule has 1 N–H and O–H groups in total. The second-order valence-electron chi connectivity index (χ2n) is 6.09. The van der Waals surface area contributed by atoms with Crippen molar-refractivity contribution in [1.82, 2.24) is 20.1 Å². The number of hydrogen-bond donors (Lipinski definition) is 1. The van der Waals surface area contributed by atoms with Crippen LogP contribution in [0.4, 0.5) is 5.69 Å². The molecular weight excluding hydrogens is 346 g/mol. The van der Waals surface area contributed by atoms with Crippen molar-refractivity contribution < 1.29 is 9.72 Å². The third-order valence-electron chi connectivity index (χ3n) is 4.34. The van der Waals surface area contributed by atoms with E-state index in [1.165, 1.54) is 41.1 Å². The van der Waals surface area contributed by atoms with Crippen molar-refractivity contribution in [1.29, 1.82) is 0 Å². The molecule has 0 fully saturated rings. The molecule has 8 nitrogen and oxygen atoms in total. The van der Waals surface area contributed by atoms with E-state index >= 15 is 0 Å². The van der Waals surface area contributed by atoms with Crippen LogP contribution in [0.5, 0.6) is 0 Å². The van der Waals surface area contributed by atoms with Crippen LogP contribution < -0.4 is 5.32 Å². The molecule has 0 saturated heterocycles. The summed E-state index contributed by atoms with van der Waals surface area (Å²) in [5.41, 5.74) is 2.43. The predicted octanol–water partition coefficient (Wildman–Crippen LogP) is 3.23. The number of amides is 1. The predicted molar refractivity (Wildman–Crippen MR) is 99.7 cm³/mol. The number of nitro groups is 1. The summed E-state index contributed by atoms with van der Waals surface area (Å²) in [6, 6.07) is 12.0. The Morgan fingerprint density at radius 3 is 2.59 bits per heavy atom. The zero-order chi connectivity index (χ0) is 19.4. The minimum Gasteiger partial charge on any atom is -0.346 e. The largest absolute Gasteiger partial charge is 0.346 e. The SMILES string of the molecule is CCc1ccc(C(C)NC(=O)c2ccc(-n3cncn3)c([N+](=O)[O-])c2)cc1. The molecule has 0 radical (unpaired) electrons. The Morgan fingerprint density at radius 1 is 1.26 bits per heavy atom. The molecule has 2 aromatic carbocycles. The molecule has 0 aliphatic rings. The van der Waals surface area contributed by atoms with Crippen LogP contribution in [0.2, 0.25) is 0 Å². The van der Waals surface area contributed by atoms with Gasteiger partial charge in [-0.2, -0.15) is 5.10 Å². The molecule has 8 heteroatoms. The lowest BCUT2D eigenvalue weighted by atomic mass is 10.0. The number of benzene rings is 2. The average molecular weight is 365 g/mol. The normalized spacial score (nSPS) is 11.8. The summed E-state index contributed by atoms with van der Waals surface area (Å²) in [6.45, 7) is 3.95. The highest BCUT2D eigenvalue weighted by atomic mass is 16.6. The molecule has 1 heterocycles. The minimum absolute atomic E-state index is 0.211. The van der Waals surface area contributed by atoms with Gasteiger partial charge in [-0.1, -0.05) is 31.2 Å². The third-order valence-corrected chi connectivity index (χ3v) is 4.34.